The fourth-order valence-corrected chi connectivity index (χ4v) is 3.19. The van der Waals surface area contributed by atoms with Crippen molar-refractivity contribution in [2.45, 2.75) is 33.6 Å². The molecular weight excluding hydrogens is 362 g/mol. The molecule has 1 aromatic carbocycles. The summed E-state index contributed by atoms with van der Waals surface area (Å²) < 4.78 is 25.3. The molecule has 0 bridgehead atoms. The van der Waals surface area contributed by atoms with Crippen molar-refractivity contribution in [3.05, 3.63) is 30.3 Å². The Balaban J connectivity index is 2.33. The quantitative estimate of drug-likeness (QED) is 0.268. The van der Waals surface area contributed by atoms with Crippen molar-refractivity contribution in [3.63, 3.8) is 0 Å². The van der Waals surface area contributed by atoms with Crippen LogP contribution in [0.25, 0.3) is 0 Å². The predicted molar refractivity (Wildman–Crippen MR) is 115 cm³/mol. The minimum Gasteiger partial charge on any atom is -0.372 e. The maximum atomic E-state index is 11.4. The van der Waals surface area contributed by atoms with Gasteiger partial charge in [-0.3, -0.25) is 4.99 Å². The topological polar surface area (TPSA) is 85.8 Å². The van der Waals surface area contributed by atoms with E-state index in [-0.39, 0.29) is 5.75 Å². The Labute approximate surface area is 164 Å². The summed E-state index contributed by atoms with van der Waals surface area (Å²) in [5.74, 6) is 0.890. The second kappa shape index (κ2) is 13.4. The lowest BCUT2D eigenvalue weighted by Crippen LogP contribution is -2.39. The van der Waals surface area contributed by atoms with E-state index in [9.17, 15) is 8.42 Å². The summed E-state index contributed by atoms with van der Waals surface area (Å²) in [5, 5.41) is 6.47. The van der Waals surface area contributed by atoms with E-state index in [0.717, 1.165) is 38.6 Å². The molecule has 0 aliphatic heterocycles. The zero-order valence-corrected chi connectivity index (χ0v) is 17.7. The van der Waals surface area contributed by atoms with Crippen LogP contribution in [0.5, 0.6) is 0 Å². The van der Waals surface area contributed by atoms with Crippen molar-refractivity contribution >= 4 is 21.7 Å². The number of para-hydroxylation sites is 1. The zero-order chi connectivity index (χ0) is 20.0. The molecule has 0 heterocycles. The normalized spacial score (nSPS) is 12.0. The van der Waals surface area contributed by atoms with E-state index in [1.54, 1.807) is 6.92 Å². The first-order valence-corrected chi connectivity index (χ1v) is 11.5. The predicted octanol–water partition coefficient (Wildman–Crippen LogP) is 1.79. The van der Waals surface area contributed by atoms with Crippen molar-refractivity contribution < 1.29 is 8.42 Å². The molecule has 0 aliphatic carbocycles. The van der Waals surface area contributed by atoms with Gasteiger partial charge in [0, 0.05) is 45.0 Å². The number of benzene rings is 1. The van der Waals surface area contributed by atoms with Crippen LogP contribution in [0.15, 0.2) is 35.3 Å². The molecule has 0 unspecified atom stereocenters. The van der Waals surface area contributed by atoms with Gasteiger partial charge in [0.2, 0.25) is 10.0 Å². The Morgan fingerprint density at radius 3 is 2.41 bits per heavy atom. The highest BCUT2D eigenvalue weighted by molar-refractivity contribution is 7.89. The number of sulfonamides is 1. The molecule has 7 nitrogen and oxygen atoms in total. The van der Waals surface area contributed by atoms with Gasteiger partial charge in [-0.2, -0.15) is 0 Å². The molecule has 1 aromatic rings. The number of rotatable bonds is 13. The van der Waals surface area contributed by atoms with Crippen LogP contribution in [-0.4, -0.2) is 59.4 Å². The van der Waals surface area contributed by atoms with Gasteiger partial charge in [0.15, 0.2) is 5.96 Å². The molecule has 3 N–H and O–H groups in total. The van der Waals surface area contributed by atoms with Gasteiger partial charge in [-0.05, 0) is 45.7 Å². The van der Waals surface area contributed by atoms with E-state index >= 15 is 0 Å². The fraction of sp³-hybridized carbons (Fsp3) is 0.632. The Kier molecular flexibility index (Phi) is 11.5. The summed E-state index contributed by atoms with van der Waals surface area (Å²) >= 11 is 0. The average molecular weight is 398 g/mol. The lowest BCUT2D eigenvalue weighted by atomic mass is 10.2. The highest BCUT2D eigenvalue weighted by Crippen LogP contribution is 2.12. The SMILES string of the molecule is CCNC(=NCCCN(CC)c1ccccc1)NCCCNS(=O)(=O)CC. The number of nitrogens with one attached hydrogen (secondary N) is 3. The van der Waals surface area contributed by atoms with Gasteiger partial charge in [-0.1, -0.05) is 18.2 Å². The Hall–Kier alpha value is -1.80. The highest BCUT2D eigenvalue weighted by Gasteiger charge is 2.05. The van der Waals surface area contributed by atoms with E-state index in [2.05, 4.69) is 56.4 Å². The molecule has 8 heteroatoms. The van der Waals surface area contributed by atoms with E-state index in [1.165, 1.54) is 5.69 Å². The molecule has 0 atom stereocenters. The molecule has 0 fully saturated rings. The van der Waals surface area contributed by atoms with Crippen LogP contribution >= 0.6 is 0 Å². The number of hydrogen-bond donors (Lipinski definition) is 3. The van der Waals surface area contributed by atoms with Crippen molar-refractivity contribution in [2.24, 2.45) is 4.99 Å². The third-order valence-electron chi connectivity index (χ3n) is 4.05. The highest BCUT2D eigenvalue weighted by atomic mass is 32.2. The summed E-state index contributed by atoms with van der Waals surface area (Å²) in [4.78, 5) is 6.95. The molecule has 154 valence electrons. The van der Waals surface area contributed by atoms with Crippen LogP contribution in [0.4, 0.5) is 5.69 Å². The van der Waals surface area contributed by atoms with Gasteiger partial charge >= 0.3 is 0 Å². The number of hydrogen-bond acceptors (Lipinski definition) is 4. The minimum atomic E-state index is -3.11. The molecule has 0 radical (unpaired) electrons. The van der Waals surface area contributed by atoms with Crippen LogP contribution in [0, 0.1) is 0 Å². The number of guanidine groups is 1. The van der Waals surface area contributed by atoms with Crippen LogP contribution in [0.1, 0.15) is 33.6 Å². The van der Waals surface area contributed by atoms with Gasteiger partial charge in [0.05, 0.1) is 5.75 Å². The van der Waals surface area contributed by atoms with Crippen LogP contribution in [0.2, 0.25) is 0 Å². The van der Waals surface area contributed by atoms with Crippen LogP contribution in [0.3, 0.4) is 0 Å². The van der Waals surface area contributed by atoms with Gasteiger partial charge in [-0.25, -0.2) is 13.1 Å². The summed E-state index contributed by atoms with van der Waals surface area (Å²) in [6.45, 7) is 10.4. The van der Waals surface area contributed by atoms with Crippen LogP contribution < -0.4 is 20.3 Å². The Morgan fingerprint density at radius 2 is 1.78 bits per heavy atom. The maximum absolute atomic E-state index is 11.4. The lowest BCUT2D eigenvalue weighted by Gasteiger charge is -2.22. The number of anilines is 1. The lowest BCUT2D eigenvalue weighted by molar-refractivity contribution is 0.579. The fourth-order valence-electron chi connectivity index (χ4n) is 2.53. The van der Waals surface area contributed by atoms with Crippen molar-refractivity contribution in [3.8, 4) is 0 Å². The number of aliphatic imine (C=N–C) groups is 1. The summed E-state index contributed by atoms with van der Waals surface area (Å²) in [6, 6.07) is 10.4. The minimum absolute atomic E-state index is 0.113. The van der Waals surface area contributed by atoms with Crippen molar-refractivity contribution in [1.29, 1.82) is 0 Å². The monoisotopic (exact) mass is 397 g/mol. The second-order valence-electron chi connectivity index (χ2n) is 6.11. The van der Waals surface area contributed by atoms with E-state index in [4.69, 9.17) is 0 Å². The molecule has 0 aliphatic rings. The molecule has 1 rings (SSSR count). The van der Waals surface area contributed by atoms with Gasteiger partial charge in [-0.15, -0.1) is 0 Å². The molecule has 0 saturated heterocycles. The summed E-state index contributed by atoms with van der Waals surface area (Å²) in [5.41, 5.74) is 1.24. The number of nitrogens with zero attached hydrogens (tertiary/aromatic N) is 2. The Morgan fingerprint density at radius 1 is 1.04 bits per heavy atom. The maximum Gasteiger partial charge on any atom is 0.211 e. The average Bonchev–Trinajstić information content (AvgIpc) is 2.68. The summed E-state index contributed by atoms with van der Waals surface area (Å²) in [6.07, 6.45) is 1.68. The van der Waals surface area contributed by atoms with Gasteiger partial charge in [0.1, 0.15) is 0 Å². The summed E-state index contributed by atoms with van der Waals surface area (Å²) in [7, 11) is -3.11. The largest absolute Gasteiger partial charge is 0.372 e. The van der Waals surface area contributed by atoms with E-state index < -0.39 is 10.0 Å². The Bertz CT molecular complexity index is 635. The van der Waals surface area contributed by atoms with Gasteiger partial charge < -0.3 is 15.5 Å². The van der Waals surface area contributed by atoms with Crippen LogP contribution in [-0.2, 0) is 10.0 Å². The molecule has 0 saturated carbocycles. The van der Waals surface area contributed by atoms with E-state index in [1.807, 2.05) is 13.0 Å². The second-order valence-corrected chi connectivity index (χ2v) is 8.20. The molecule has 0 amide bonds. The zero-order valence-electron chi connectivity index (χ0n) is 16.9. The first kappa shape index (κ1) is 23.2. The van der Waals surface area contributed by atoms with Crippen molar-refractivity contribution in [2.75, 3.05) is 49.9 Å². The first-order valence-electron chi connectivity index (χ1n) is 9.81. The molecular formula is C19H35N5O2S. The molecule has 0 spiro atoms. The van der Waals surface area contributed by atoms with Gasteiger partial charge in [0.25, 0.3) is 0 Å². The molecule has 0 aromatic heterocycles. The first-order chi connectivity index (χ1) is 13.0. The van der Waals surface area contributed by atoms with Crippen molar-refractivity contribution in [1.82, 2.24) is 15.4 Å². The van der Waals surface area contributed by atoms with E-state index in [0.29, 0.717) is 19.5 Å². The smallest absolute Gasteiger partial charge is 0.211 e. The third kappa shape index (κ3) is 10.2. The molecule has 27 heavy (non-hydrogen) atoms. The standard InChI is InChI=1S/C19H35N5O2S/c1-4-20-19(21-14-10-16-23-27(25,26)6-3)22-15-11-17-24(5-2)18-12-8-7-9-13-18/h7-9,12-13,23H,4-6,10-11,14-17H2,1-3H3,(H2,20,21,22). The third-order valence-corrected chi connectivity index (χ3v) is 5.46.